The zero-order valence-electron chi connectivity index (χ0n) is 13.8. The Bertz CT molecular complexity index is 530. The summed E-state index contributed by atoms with van der Waals surface area (Å²) in [5.74, 6) is -0.861. The largest absolute Gasteiger partial charge is 0.478 e. The molecule has 1 aromatic rings. The van der Waals surface area contributed by atoms with Crippen molar-refractivity contribution in [3.05, 3.63) is 29.3 Å². The van der Waals surface area contributed by atoms with Crippen LogP contribution in [0, 0.1) is 17.8 Å². The molecule has 0 saturated heterocycles. The van der Waals surface area contributed by atoms with Crippen LogP contribution in [-0.2, 0) is 0 Å². The minimum Gasteiger partial charge on any atom is -0.478 e. The molecular weight excluding hydrogens is 262 g/mol. The Labute approximate surface area is 127 Å². The summed E-state index contributed by atoms with van der Waals surface area (Å²) in [4.78, 5) is 11.2. The standard InChI is InChI=1S/C18H27NO2/c1-12-14(16(20)21)7-6-8-15(12)19-13-9-17(2,3)11-18(4,5)10-13/h6-8,13,19H,9-11H2,1-5H3,(H,20,21). The van der Waals surface area contributed by atoms with E-state index in [0.717, 1.165) is 24.1 Å². The third kappa shape index (κ3) is 3.78. The molecule has 1 aliphatic carbocycles. The van der Waals surface area contributed by atoms with E-state index in [1.807, 2.05) is 19.1 Å². The molecule has 2 N–H and O–H groups in total. The minimum atomic E-state index is -0.861. The smallest absolute Gasteiger partial charge is 0.336 e. The Balaban J connectivity index is 2.22. The molecule has 116 valence electrons. The summed E-state index contributed by atoms with van der Waals surface area (Å²) in [7, 11) is 0. The first-order valence-corrected chi connectivity index (χ1v) is 7.69. The van der Waals surface area contributed by atoms with E-state index in [1.165, 1.54) is 6.42 Å². The topological polar surface area (TPSA) is 49.3 Å². The molecule has 0 heterocycles. The van der Waals surface area contributed by atoms with Crippen LogP contribution in [0.3, 0.4) is 0 Å². The van der Waals surface area contributed by atoms with Gasteiger partial charge < -0.3 is 10.4 Å². The van der Waals surface area contributed by atoms with Crippen LogP contribution in [0.1, 0.15) is 62.9 Å². The van der Waals surface area contributed by atoms with Gasteiger partial charge in [-0.1, -0.05) is 33.8 Å². The van der Waals surface area contributed by atoms with E-state index >= 15 is 0 Å². The summed E-state index contributed by atoms with van der Waals surface area (Å²) < 4.78 is 0. The lowest BCUT2D eigenvalue weighted by atomic mass is 9.63. The average molecular weight is 289 g/mol. The van der Waals surface area contributed by atoms with Crippen LogP contribution in [0.25, 0.3) is 0 Å². The Morgan fingerprint density at radius 1 is 1.19 bits per heavy atom. The van der Waals surface area contributed by atoms with Crippen LogP contribution in [0.5, 0.6) is 0 Å². The number of anilines is 1. The molecule has 1 aromatic carbocycles. The first-order valence-electron chi connectivity index (χ1n) is 7.69. The van der Waals surface area contributed by atoms with Crippen molar-refractivity contribution in [3.8, 4) is 0 Å². The van der Waals surface area contributed by atoms with E-state index in [2.05, 4.69) is 33.0 Å². The fraction of sp³-hybridized carbons (Fsp3) is 0.611. The fourth-order valence-electron chi connectivity index (χ4n) is 4.19. The van der Waals surface area contributed by atoms with E-state index in [4.69, 9.17) is 0 Å². The molecule has 0 atom stereocenters. The molecule has 0 spiro atoms. The Hall–Kier alpha value is -1.51. The van der Waals surface area contributed by atoms with E-state index in [-0.39, 0.29) is 0 Å². The lowest BCUT2D eigenvalue weighted by Gasteiger charge is -2.45. The number of carboxylic acid groups (broad SMARTS) is 1. The number of hydrogen-bond acceptors (Lipinski definition) is 2. The molecule has 0 aromatic heterocycles. The van der Waals surface area contributed by atoms with Crippen molar-refractivity contribution in [2.24, 2.45) is 10.8 Å². The van der Waals surface area contributed by atoms with Crippen molar-refractivity contribution in [2.75, 3.05) is 5.32 Å². The van der Waals surface area contributed by atoms with Gasteiger partial charge in [-0.25, -0.2) is 4.79 Å². The second-order valence-electron chi connectivity index (χ2n) is 8.04. The first-order chi connectivity index (χ1) is 9.60. The van der Waals surface area contributed by atoms with Crippen molar-refractivity contribution < 1.29 is 9.90 Å². The normalized spacial score (nSPS) is 21.0. The molecule has 3 nitrogen and oxygen atoms in total. The summed E-state index contributed by atoms with van der Waals surface area (Å²) in [5, 5.41) is 12.8. The molecule has 1 saturated carbocycles. The third-order valence-electron chi connectivity index (χ3n) is 4.48. The quantitative estimate of drug-likeness (QED) is 0.847. The maximum atomic E-state index is 11.2. The van der Waals surface area contributed by atoms with E-state index in [1.54, 1.807) is 6.07 Å². The van der Waals surface area contributed by atoms with Crippen LogP contribution in [-0.4, -0.2) is 17.1 Å². The first kappa shape index (κ1) is 15.9. The van der Waals surface area contributed by atoms with Gasteiger partial charge in [0.25, 0.3) is 0 Å². The van der Waals surface area contributed by atoms with Crippen LogP contribution >= 0.6 is 0 Å². The van der Waals surface area contributed by atoms with Gasteiger partial charge in [0.15, 0.2) is 0 Å². The number of nitrogens with one attached hydrogen (secondary N) is 1. The van der Waals surface area contributed by atoms with Crippen molar-refractivity contribution in [1.29, 1.82) is 0 Å². The highest BCUT2D eigenvalue weighted by Crippen LogP contribution is 2.46. The van der Waals surface area contributed by atoms with E-state index < -0.39 is 5.97 Å². The second-order valence-corrected chi connectivity index (χ2v) is 8.04. The third-order valence-corrected chi connectivity index (χ3v) is 4.48. The summed E-state index contributed by atoms with van der Waals surface area (Å²) in [6.45, 7) is 11.2. The monoisotopic (exact) mass is 289 g/mol. The molecule has 1 fully saturated rings. The highest BCUT2D eigenvalue weighted by molar-refractivity contribution is 5.91. The summed E-state index contributed by atoms with van der Waals surface area (Å²) in [5.41, 5.74) is 2.80. The van der Waals surface area contributed by atoms with Gasteiger partial charge in [0.05, 0.1) is 5.56 Å². The maximum Gasteiger partial charge on any atom is 0.336 e. The summed E-state index contributed by atoms with van der Waals surface area (Å²) in [6, 6.07) is 5.86. The lowest BCUT2D eigenvalue weighted by Crippen LogP contribution is -2.40. The van der Waals surface area contributed by atoms with Gasteiger partial charge in [0, 0.05) is 11.7 Å². The second kappa shape index (κ2) is 5.36. The number of carbonyl (C=O) groups is 1. The Kier molecular flexibility index (Phi) is 4.05. The van der Waals surface area contributed by atoms with Crippen LogP contribution < -0.4 is 5.32 Å². The van der Waals surface area contributed by atoms with Crippen molar-refractivity contribution >= 4 is 11.7 Å². The average Bonchev–Trinajstić information content (AvgIpc) is 2.27. The number of carboxylic acids is 1. The molecule has 0 unspecified atom stereocenters. The van der Waals surface area contributed by atoms with Gasteiger partial charge in [0.2, 0.25) is 0 Å². The number of benzene rings is 1. The molecular formula is C18H27NO2. The van der Waals surface area contributed by atoms with Gasteiger partial charge in [0.1, 0.15) is 0 Å². The van der Waals surface area contributed by atoms with Crippen LogP contribution in [0.2, 0.25) is 0 Å². The summed E-state index contributed by atoms with van der Waals surface area (Å²) in [6.07, 6.45) is 3.46. The molecule has 1 aliphatic rings. The molecule has 0 amide bonds. The van der Waals surface area contributed by atoms with Crippen molar-refractivity contribution in [2.45, 2.75) is 59.9 Å². The van der Waals surface area contributed by atoms with Gasteiger partial charge in [-0.3, -0.25) is 0 Å². The van der Waals surface area contributed by atoms with Crippen LogP contribution in [0.4, 0.5) is 5.69 Å². The SMILES string of the molecule is Cc1c(NC2CC(C)(C)CC(C)(C)C2)cccc1C(=O)O. The molecule has 0 bridgehead atoms. The van der Waals surface area contributed by atoms with Gasteiger partial charge in [-0.2, -0.15) is 0 Å². The lowest BCUT2D eigenvalue weighted by molar-refractivity contribution is 0.0696. The van der Waals surface area contributed by atoms with Crippen molar-refractivity contribution in [3.63, 3.8) is 0 Å². The van der Waals surface area contributed by atoms with Gasteiger partial charge in [-0.05, 0) is 54.7 Å². The maximum absolute atomic E-state index is 11.2. The highest BCUT2D eigenvalue weighted by atomic mass is 16.4. The predicted octanol–water partition coefficient (Wildman–Crippen LogP) is 4.71. The molecule has 0 radical (unpaired) electrons. The van der Waals surface area contributed by atoms with Gasteiger partial charge >= 0.3 is 5.97 Å². The fourth-order valence-corrected chi connectivity index (χ4v) is 4.19. The predicted molar refractivity (Wildman–Crippen MR) is 87.0 cm³/mol. The summed E-state index contributed by atoms with van der Waals surface area (Å²) >= 11 is 0. The van der Waals surface area contributed by atoms with Crippen LogP contribution in [0.15, 0.2) is 18.2 Å². The van der Waals surface area contributed by atoms with E-state index in [9.17, 15) is 9.90 Å². The number of hydrogen-bond donors (Lipinski definition) is 2. The van der Waals surface area contributed by atoms with Crippen molar-refractivity contribution in [1.82, 2.24) is 0 Å². The zero-order chi connectivity index (χ0) is 15.8. The Morgan fingerprint density at radius 3 is 2.29 bits per heavy atom. The van der Waals surface area contributed by atoms with Gasteiger partial charge in [-0.15, -0.1) is 0 Å². The highest BCUT2D eigenvalue weighted by Gasteiger charge is 2.38. The molecule has 2 rings (SSSR count). The number of rotatable bonds is 3. The molecule has 21 heavy (non-hydrogen) atoms. The Morgan fingerprint density at radius 2 is 1.76 bits per heavy atom. The zero-order valence-corrected chi connectivity index (χ0v) is 13.8. The van der Waals surface area contributed by atoms with E-state index in [0.29, 0.717) is 22.4 Å². The molecule has 3 heteroatoms. The molecule has 0 aliphatic heterocycles. The minimum absolute atomic E-state index is 0.317. The number of aromatic carboxylic acids is 1.